The van der Waals surface area contributed by atoms with Gasteiger partial charge in [0.25, 0.3) is 0 Å². The van der Waals surface area contributed by atoms with Crippen molar-refractivity contribution in [2.75, 3.05) is 6.54 Å². The van der Waals surface area contributed by atoms with E-state index in [-0.39, 0.29) is 6.04 Å². The van der Waals surface area contributed by atoms with E-state index in [9.17, 15) is 0 Å². The zero-order valence-corrected chi connectivity index (χ0v) is 11.2. The van der Waals surface area contributed by atoms with E-state index in [1.807, 2.05) is 30.9 Å². The third-order valence-corrected chi connectivity index (χ3v) is 3.47. The van der Waals surface area contributed by atoms with E-state index >= 15 is 0 Å². The Morgan fingerprint density at radius 2 is 2.35 bits per heavy atom. The molecule has 2 aromatic heterocycles. The Morgan fingerprint density at radius 3 is 2.88 bits per heavy atom. The summed E-state index contributed by atoms with van der Waals surface area (Å²) < 4.78 is 5.82. The Labute approximate surface area is 105 Å². The van der Waals surface area contributed by atoms with E-state index in [0.29, 0.717) is 0 Å². The van der Waals surface area contributed by atoms with Gasteiger partial charge in [0.05, 0.1) is 22.3 Å². The number of aryl methyl sites for hydroxylation is 2. The van der Waals surface area contributed by atoms with Gasteiger partial charge in [0.2, 0.25) is 0 Å². The van der Waals surface area contributed by atoms with Crippen LogP contribution >= 0.6 is 11.5 Å². The lowest BCUT2D eigenvalue weighted by Gasteiger charge is -2.14. The van der Waals surface area contributed by atoms with Crippen molar-refractivity contribution in [3.8, 4) is 0 Å². The number of hydrogen-bond acceptors (Lipinski definition) is 5. The summed E-state index contributed by atoms with van der Waals surface area (Å²) in [5, 5.41) is 12.0. The minimum atomic E-state index is 0.108. The van der Waals surface area contributed by atoms with Gasteiger partial charge in [-0.25, -0.2) is 0 Å². The Bertz CT molecular complexity index is 476. The van der Waals surface area contributed by atoms with Gasteiger partial charge in [-0.3, -0.25) is 4.68 Å². The molecule has 0 aliphatic rings. The molecule has 0 amide bonds. The van der Waals surface area contributed by atoms with Crippen LogP contribution in [0.4, 0.5) is 0 Å². The van der Waals surface area contributed by atoms with Crippen LogP contribution in [0.25, 0.3) is 0 Å². The third-order valence-electron chi connectivity index (χ3n) is 2.58. The Kier molecular flexibility index (Phi) is 3.86. The predicted octanol–water partition coefficient (Wildman–Crippen LogP) is 1.67. The van der Waals surface area contributed by atoms with Crippen LogP contribution < -0.4 is 5.32 Å². The van der Waals surface area contributed by atoms with Crippen molar-refractivity contribution < 1.29 is 0 Å². The second-order valence-corrected chi connectivity index (χ2v) is 4.81. The molecule has 0 aliphatic heterocycles. The zero-order valence-electron chi connectivity index (χ0n) is 10.3. The van der Waals surface area contributed by atoms with Crippen molar-refractivity contribution in [3.63, 3.8) is 0 Å². The van der Waals surface area contributed by atoms with Gasteiger partial charge in [-0.2, -0.15) is 5.10 Å². The maximum Gasteiger partial charge on any atom is 0.0898 e. The molecule has 1 atom stereocenters. The molecule has 1 N–H and O–H groups in total. The summed E-state index contributed by atoms with van der Waals surface area (Å²) >= 11 is 1.44. The summed E-state index contributed by atoms with van der Waals surface area (Å²) in [6.07, 6.45) is 3.05. The zero-order chi connectivity index (χ0) is 12.3. The van der Waals surface area contributed by atoms with Crippen LogP contribution in [-0.2, 0) is 7.05 Å². The van der Waals surface area contributed by atoms with Crippen LogP contribution in [0, 0.1) is 6.92 Å². The molecule has 2 aromatic rings. The molecule has 0 saturated carbocycles. The molecule has 0 radical (unpaired) electrons. The van der Waals surface area contributed by atoms with Crippen LogP contribution in [0.2, 0.25) is 0 Å². The van der Waals surface area contributed by atoms with Crippen LogP contribution in [0.1, 0.15) is 35.7 Å². The molecular formula is C11H17N5S. The fourth-order valence-corrected chi connectivity index (χ4v) is 2.44. The molecule has 0 aromatic carbocycles. The van der Waals surface area contributed by atoms with Crippen molar-refractivity contribution in [1.29, 1.82) is 0 Å². The smallest absolute Gasteiger partial charge is 0.0898 e. The Morgan fingerprint density at radius 1 is 1.53 bits per heavy atom. The number of hydrogen-bond donors (Lipinski definition) is 1. The molecule has 2 heterocycles. The molecule has 0 spiro atoms. The van der Waals surface area contributed by atoms with E-state index in [1.165, 1.54) is 11.5 Å². The summed E-state index contributed by atoms with van der Waals surface area (Å²) in [5.41, 5.74) is 2.00. The van der Waals surface area contributed by atoms with Crippen molar-refractivity contribution in [1.82, 2.24) is 24.7 Å². The lowest BCUT2D eigenvalue weighted by Crippen LogP contribution is -2.23. The summed E-state index contributed by atoms with van der Waals surface area (Å²) in [4.78, 5) is 1.15. The Hall–Kier alpha value is -1.27. The summed E-state index contributed by atoms with van der Waals surface area (Å²) in [7, 11) is 1.93. The van der Waals surface area contributed by atoms with Crippen LogP contribution in [0.5, 0.6) is 0 Å². The highest BCUT2D eigenvalue weighted by Crippen LogP contribution is 2.25. The van der Waals surface area contributed by atoms with E-state index in [2.05, 4.69) is 26.9 Å². The first kappa shape index (κ1) is 12.2. The van der Waals surface area contributed by atoms with E-state index in [1.54, 1.807) is 0 Å². The van der Waals surface area contributed by atoms with Crippen LogP contribution in [0.15, 0.2) is 12.3 Å². The molecule has 0 fully saturated rings. The normalized spacial score (nSPS) is 12.9. The van der Waals surface area contributed by atoms with Crippen molar-refractivity contribution in [2.24, 2.45) is 7.05 Å². The molecular weight excluding hydrogens is 234 g/mol. The topological polar surface area (TPSA) is 55.6 Å². The highest BCUT2D eigenvalue weighted by atomic mass is 32.1. The molecule has 17 heavy (non-hydrogen) atoms. The van der Waals surface area contributed by atoms with E-state index in [4.69, 9.17) is 0 Å². The monoisotopic (exact) mass is 251 g/mol. The van der Waals surface area contributed by atoms with Crippen molar-refractivity contribution >= 4 is 11.5 Å². The summed E-state index contributed by atoms with van der Waals surface area (Å²) in [6.45, 7) is 5.10. The average Bonchev–Trinajstić information content (AvgIpc) is 2.90. The molecule has 1 unspecified atom stereocenters. The average molecular weight is 251 g/mol. The van der Waals surface area contributed by atoms with Gasteiger partial charge in [-0.05, 0) is 37.5 Å². The summed E-state index contributed by atoms with van der Waals surface area (Å²) in [6, 6.07) is 2.14. The molecule has 6 heteroatoms. The number of nitrogens with one attached hydrogen (secondary N) is 1. The maximum absolute atomic E-state index is 4.47. The van der Waals surface area contributed by atoms with Gasteiger partial charge >= 0.3 is 0 Å². The molecule has 5 nitrogen and oxygen atoms in total. The van der Waals surface area contributed by atoms with Gasteiger partial charge in [0.1, 0.15) is 0 Å². The number of rotatable bonds is 5. The largest absolute Gasteiger partial charge is 0.304 e. The highest BCUT2D eigenvalue weighted by molar-refractivity contribution is 7.05. The molecule has 0 bridgehead atoms. The van der Waals surface area contributed by atoms with Gasteiger partial charge in [-0.15, -0.1) is 5.10 Å². The maximum atomic E-state index is 4.47. The van der Waals surface area contributed by atoms with Crippen LogP contribution in [-0.4, -0.2) is 25.9 Å². The van der Waals surface area contributed by atoms with Gasteiger partial charge in [0, 0.05) is 13.2 Å². The van der Waals surface area contributed by atoms with Gasteiger partial charge in [-0.1, -0.05) is 11.4 Å². The van der Waals surface area contributed by atoms with Gasteiger partial charge in [0.15, 0.2) is 0 Å². The van der Waals surface area contributed by atoms with E-state index in [0.717, 1.165) is 29.2 Å². The van der Waals surface area contributed by atoms with Crippen LogP contribution in [0.3, 0.4) is 0 Å². The fourth-order valence-electron chi connectivity index (χ4n) is 1.71. The number of nitrogens with zero attached hydrogens (tertiary/aromatic N) is 4. The quantitative estimate of drug-likeness (QED) is 0.878. The lowest BCUT2D eigenvalue weighted by atomic mass is 10.1. The molecule has 0 aliphatic carbocycles. The van der Waals surface area contributed by atoms with Crippen molar-refractivity contribution in [3.05, 3.63) is 28.5 Å². The summed E-state index contributed by atoms with van der Waals surface area (Å²) in [5.74, 6) is 0. The fraction of sp³-hybridized carbons (Fsp3) is 0.545. The predicted molar refractivity (Wildman–Crippen MR) is 68.0 cm³/mol. The SMILES string of the molecule is CCCNC(c1ccn(C)n1)c1snnc1C. The first-order valence-corrected chi connectivity index (χ1v) is 6.51. The van der Waals surface area contributed by atoms with E-state index < -0.39 is 0 Å². The molecule has 2 rings (SSSR count). The lowest BCUT2D eigenvalue weighted by molar-refractivity contribution is 0.579. The number of aromatic nitrogens is 4. The third kappa shape index (κ3) is 2.70. The minimum Gasteiger partial charge on any atom is -0.304 e. The molecule has 92 valence electrons. The first-order chi connectivity index (χ1) is 8.22. The second kappa shape index (κ2) is 5.37. The minimum absolute atomic E-state index is 0.108. The molecule has 0 saturated heterocycles. The standard InChI is InChI=1S/C11H17N5S/c1-4-6-12-10(9-5-7-16(3)14-9)11-8(2)13-15-17-11/h5,7,10,12H,4,6H2,1-3H3. The first-order valence-electron chi connectivity index (χ1n) is 5.74. The van der Waals surface area contributed by atoms with Gasteiger partial charge < -0.3 is 5.32 Å². The van der Waals surface area contributed by atoms with Crippen molar-refractivity contribution in [2.45, 2.75) is 26.3 Å². The second-order valence-electron chi connectivity index (χ2n) is 4.02. The Balaban J connectivity index is 2.28. The highest BCUT2D eigenvalue weighted by Gasteiger charge is 2.20.